The van der Waals surface area contributed by atoms with Crippen molar-refractivity contribution in [3.8, 4) is 0 Å². The van der Waals surface area contributed by atoms with Crippen molar-refractivity contribution in [2.24, 2.45) is 0 Å². The average molecular weight is 429 g/mol. The molecule has 0 unspecified atom stereocenters. The number of hydrogen-bond acceptors (Lipinski definition) is 3. The molecule has 0 aliphatic carbocycles. The minimum absolute atomic E-state index is 0.0190. The lowest BCUT2D eigenvalue weighted by atomic mass is 10.1. The fourth-order valence-corrected chi connectivity index (χ4v) is 3.59. The number of amides is 1. The van der Waals surface area contributed by atoms with Crippen molar-refractivity contribution in [2.45, 2.75) is 17.7 Å². The van der Waals surface area contributed by atoms with Crippen molar-refractivity contribution in [1.29, 1.82) is 0 Å². The van der Waals surface area contributed by atoms with Gasteiger partial charge in [-0.1, -0.05) is 24.3 Å². The van der Waals surface area contributed by atoms with Crippen LogP contribution in [0.2, 0.25) is 0 Å². The Morgan fingerprint density at radius 2 is 1.80 bits per heavy atom. The zero-order chi connectivity index (χ0) is 18.3. The molecule has 0 atom stereocenters. The van der Waals surface area contributed by atoms with Crippen molar-refractivity contribution in [3.63, 3.8) is 0 Å². The fourth-order valence-electron chi connectivity index (χ4n) is 2.11. The normalized spacial score (nSPS) is 11.3. The molecule has 134 valence electrons. The average Bonchev–Trinajstić information content (AvgIpc) is 2.59. The second-order valence-corrected chi connectivity index (χ2v) is 7.93. The first-order valence-corrected chi connectivity index (χ1v) is 9.91. The van der Waals surface area contributed by atoms with E-state index in [1.165, 1.54) is 18.2 Å². The van der Waals surface area contributed by atoms with E-state index in [0.29, 0.717) is 17.4 Å². The molecule has 0 saturated carbocycles. The number of sulfonamides is 1. The van der Waals surface area contributed by atoms with Gasteiger partial charge < -0.3 is 5.32 Å². The van der Waals surface area contributed by atoms with Crippen LogP contribution in [0.25, 0.3) is 0 Å². The monoisotopic (exact) mass is 428 g/mol. The molecule has 0 bridgehead atoms. The molecule has 2 aromatic rings. The molecule has 0 radical (unpaired) electrons. The van der Waals surface area contributed by atoms with E-state index in [0.717, 1.165) is 5.56 Å². The Labute approximate surface area is 154 Å². The summed E-state index contributed by atoms with van der Waals surface area (Å²) in [4.78, 5) is 11.9. The maximum Gasteiger partial charge on any atom is 0.240 e. The molecule has 2 aromatic carbocycles. The molecule has 8 heteroatoms. The van der Waals surface area contributed by atoms with Gasteiger partial charge in [0, 0.05) is 19.5 Å². The summed E-state index contributed by atoms with van der Waals surface area (Å²) in [6.45, 7) is 0.410. The molecule has 25 heavy (non-hydrogen) atoms. The number of carbonyl (C=O) groups is 1. The highest BCUT2D eigenvalue weighted by molar-refractivity contribution is 9.10. The van der Waals surface area contributed by atoms with Crippen LogP contribution in [0.5, 0.6) is 0 Å². The van der Waals surface area contributed by atoms with Gasteiger partial charge >= 0.3 is 0 Å². The Balaban J connectivity index is 1.71. The van der Waals surface area contributed by atoms with Gasteiger partial charge in [-0.25, -0.2) is 17.5 Å². The summed E-state index contributed by atoms with van der Waals surface area (Å²) in [6.07, 6.45) is 0.597. The maximum atomic E-state index is 13.1. The molecule has 1 amide bonds. The topological polar surface area (TPSA) is 75.3 Å². The third-order valence-electron chi connectivity index (χ3n) is 3.42. The first-order chi connectivity index (χ1) is 11.9. The number of halogens is 2. The molecule has 0 spiro atoms. The Morgan fingerprint density at radius 1 is 1.08 bits per heavy atom. The Kier molecular flexibility index (Phi) is 7.10. The van der Waals surface area contributed by atoms with Gasteiger partial charge in [0.25, 0.3) is 0 Å². The highest BCUT2D eigenvalue weighted by Crippen LogP contribution is 2.16. The minimum Gasteiger partial charge on any atom is -0.356 e. The van der Waals surface area contributed by atoms with Gasteiger partial charge in [-0.05, 0) is 52.2 Å². The lowest BCUT2D eigenvalue weighted by Crippen LogP contribution is -2.31. The predicted molar refractivity (Wildman–Crippen MR) is 97.1 cm³/mol. The van der Waals surface area contributed by atoms with Gasteiger partial charge in [0.05, 0.1) is 9.37 Å². The summed E-state index contributed by atoms with van der Waals surface area (Å²) in [7, 11) is -3.60. The number of rotatable bonds is 8. The predicted octanol–water partition coefficient (Wildman–Crippen LogP) is 2.62. The third-order valence-corrected chi connectivity index (χ3v) is 5.50. The number of hydrogen-bond donors (Lipinski definition) is 2. The van der Waals surface area contributed by atoms with E-state index in [1.807, 2.05) is 0 Å². The SMILES string of the molecule is O=C(CCNS(=O)(=O)c1ccccc1)NCCc1ccc(F)c(Br)c1. The van der Waals surface area contributed by atoms with Crippen LogP contribution >= 0.6 is 15.9 Å². The van der Waals surface area contributed by atoms with Crippen LogP contribution in [0.1, 0.15) is 12.0 Å². The van der Waals surface area contributed by atoms with Crippen LogP contribution in [0.15, 0.2) is 57.9 Å². The highest BCUT2D eigenvalue weighted by Gasteiger charge is 2.13. The summed E-state index contributed by atoms with van der Waals surface area (Å²) < 4.78 is 39.9. The van der Waals surface area contributed by atoms with E-state index in [-0.39, 0.29) is 29.6 Å². The number of carbonyl (C=O) groups excluding carboxylic acids is 1. The third kappa shape index (κ3) is 6.22. The maximum absolute atomic E-state index is 13.1. The lowest BCUT2D eigenvalue weighted by molar-refractivity contribution is -0.120. The largest absolute Gasteiger partial charge is 0.356 e. The van der Waals surface area contributed by atoms with Crippen molar-refractivity contribution in [1.82, 2.24) is 10.0 Å². The molecule has 0 aromatic heterocycles. The molecule has 0 heterocycles. The summed E-state index contributed by atoms with van der Waals surface area (Å²) in [5.41, 5.74) is 0.887. The second-order valence-electron chi connectivity index (χ2n) is 5.31. The molecular formula is C17H18BrFN2O3S. The molecule has 0 aliphatic heterocycles. The van der Waals surface area contributed by atoms with E-state index in [4.69, 9.17) is 0 Å². The van der Waals surface area contributed by atoms with Crippen LogP contribution in [-0.4, -0.2) is 27.4 Å². The lowest BCUT2D eigenvalue weighted by Gasteiger charge is -2.08. The Hall–Kier alpha value is -1.77. The van der Waals surface area contributed by atoms with Crippen molar-refractivity contribution in [3.05, 3.63) is 64.4 Å². The Morgan fingerprint density at radius 3 is 2.48 bits per heavy atom. The first kappa shape index (κ1) is 19.6. The molecular weight excluding hydrogens is 411 g/mol. The van der Waals surface area contributed by atoms with Gasteiger partial charge in [-0.3, -0.25) is 4.79 Å². The van der Waals surface area contributed by atoms with Gasteiger partial charge in [0.1, 0.15) is 5.82 Å². The van der Waals surface area contributed by atoms with E-state index in [1.54, 1.807) is 30.3 Å². The molecule has 0 fully saturated rings. The van der Waals surface area contributed by atoms with Crippen LogP contribution in [-0.2, 0) is 21.2 Å². The fraction of sp³-hybridized carbons (Fsp3) is 0.235. The van der Waals surface area contributed by atoms with E-state index >= 15 is 0 Å². The standard InChI is InChI=1S/C17H18BrFN2O3S/c18-15-12-13(6-7-16(15)19)8-10-20-17(22)9-11-21-25(23,24)14-4-2-1-3-5-14/h1-7,12,21H,8-11H2,(H,20,22). The molecule has 5 nitrogen and oxygen atoms in total. The van der Waals surface area contributed by atoms with Crippen LogP contribution in [0, 0.1) is 5.82 Å². The van der Waals surface area contributed by atoms with Crippen molar-refractivity contribution in [2.75, 3.05) is 13.1 Å². The Bertz CT molecular complexity index is 829. The molecule has 2 N–H and O–H groups in total. The van der Waals surface area contributed by atoms with Crippen LogP contribution < -0.4 is 10.0 Å². The second kappa shape index (κ2) is 9.07. The van der Waals surface area contributed by atoms with E-state index in [2.05, 4.69) is 26.0 Å². The van der Waals surface area contributed by atoms with Crippen LogP contribution in [0.4, 0.5) is 4.39 Å². The zero-order valence-corrected chi connectivity index (χ0v) is 15.7. The summed E-state index contributed by atoms with van der Waals surface area (Å²) in [6, 6.07) is 12.7. The van der Waals surface area contributed by atoms with Crippen LogP contribution in [0.3, 0.4) is 0 Å². The summed E-state index contributed by atoms with van der Waals surface area (Å²) in [5, 5.41) is 2.71. The quantitative estimate of drug-likeness (QED) is 0.678. The van der Waals surface area contributed by atoms with Gasteiger partial charge in [0.15, 0.2) is 0 Å². The zero-order valence-electron chi connectivity index (χ0n) is 13.3. The van der Waals surface area contributed by atoms with E-state index in [9.17, 15) is 17.6 Å². The minimum atomic E-state index is -3.60. The number of benzene rings is 2. The number of nitrogens with one attached hydrogen (secondary N) is 2. The van der Waals surface area contributed by atoms with Gasteiger partial charge in [-0.15, -0.1) is 0 Å². The van der Waals surface area contributed by atoms with Gasteiger partial charge in [-0.2, -0.15) is 0 Å². The van der Waals surface area contributed by atoms with Gasteiger partial charge in [0.2, 0.25) is 15.9 Å². The smallest absolute Gasteiger partial charge is 0.240 e. The highest BCUT2D eigenvalue weighted by atomic mass is 79.9. The summed E-state index contributed by atoms with van der Waals surface area (Å²) >= 11 is 3.11. The first-order valence-electron chi connectivity index (χ1n) is 7.64. The molecule has 0 saturated heterocycles. The summed E-state index contributed by atoms with van der Waals surface area (Å²) in [5.74, 6) is -0.588. The van der Waals surface area contributed by atoms with Crippen molar-refractivity contribution < 1.29 is 17.6 Å². The van der Waals surface area contributed by atoms with E-state index < -0.39 is 10.0 Å². The van der Waals surface area contributed by atoms with Crippen molar-refractivity contribution >= 4 is 31.9 Å². The molecule has 2 rings (SSSR count). The molecule has 0 aliphatic rings.